The Balaban J connectivity index is 1.49. The predicted molar refractivity (Wildman–Crippen MR) is 87.7 cm³/mol. The minimum absolute atomic E-state index is 0.101. The summed E-state index contributed by atoms with van der Waals surface area (Å²) < 4.78 is 5.20. The van der Waals surface area contributed by atoms with Gasteiger partial charge in [0.05, 0.1) is 12.7 Å². The third-order valence-corrected chi connectivity index (χ3v) is 3.66. The fourth-order valence-corrected chi connectivity index (χ4v) is 2.18. The molecular formula is C17H20N4O2. The third-order valence-electron chi connectivity index (χ3n) is 3.66. The molecule has 6 heteroatoms. The van der Waals surface area contributed by atoms with E-state index in [9.17, 15) is 4.79 Å². The van der Waals surface area contributed by atoms with Crippen LogP contribution in [0.3, 0.4) is 0 Å². The van der Waals surface area contributed by atoms with Gasteiger partial charge >= 0.3 is 0 Å². The first-order chi connectivity index (χ1) is 11.2. The summed E-state index contributed by atoms with van der Waals surface area (Å²) in [5, 5.41) is 6.07. The van der Waals surface area contributed by atoms with Gasteiger partial charge in [-0.25, -0.2) is 9.97 Å². The van der Waals surface area contributed by atoms with Gasteiger partial charge in [-0.05, 0) is 37.0 Å². The van der Waals surface area contributed by atoms with Gasteiger partial charge < -0.3 is 15.4 Å². The maximum absolute atomic E-state index is 11.8. The molecule has 0 bridgehead atoms. The summed E-state index contributed by atoms with van der Waals surface area (Å²) in [6.45, 7) is 0.709. The summed E-state index contributed by atoms with van der Waals surface area (Å²) >= 11 is 0. The summed E-state index contributed by atoms with van der Waals surface area (Å²) in [4.78, 5) is 20.2. The Bertz CT molecular complexity index is 669. The molecule has 0 unspecified atom stereocenters. The van der Waals surface area contributed by atoms with Gasteiger partial charge in [-0.1, -0.05) is 12.1 Å². The van der Waals surface area contributed by atoms with E-state index in [0.29, 0.717) is 24.1 Å². The number of carbonyl (C=O) groups excluding carboxylic acids is 1. The van der Waals surface area contributed by atoms with E-state index >= 15 is 0 Å². The van der Waals surface area contributed by atoms with E-state index < -0.39 is 0 Å². The SMILES string of the molecule is COc1cccc(CCNc2ncc(C(=O)NC3CC3)cn2)c1. The monoisotopic (exact) mass is 312 g/mol. The fraction of sp³-hybridized carbons (Fsp3) is 0.353. The van der Waals surface area contributed by atoms with Crippen LogP contribution in [0.5, 0.6) is 5.75 Å². The normalized spacial score (nSPS) is 13.4. The van der Waals surface area contributed by atoms with Crippen LogP contribution in [0.1, 0.15) is 28.8 Å². The molecule has 6 nitrogen and oxygen atoms in total. The van der Waals surface area contributed by atoms with Crippen molar-refractivity contribution in [1.29, 1.82) is 0 Å². The Morgan fingerprint density at radius 2 is 2.09 bits per heavy atom. The number of nitrogens with zero attached hydrogens (tertiary/aromatic N) is 2. The topological polar surface area (TPSA) is 76.1 Å². The van der Waals surface area contributed by atoms with Crippen LogP contribution >= 0.6 is 0 Å². The lowest BCUT2D eigenvalue weighted by molar-refractivity contribution is 0.0950. The van der Waals surface area contributed by atoms with Crippen molar-refractivity contribution in [3.8, 4) is 5.75 Å². The highest BCUT2D eigenvalue weighted by molar-refractivity contribution is 5.94. The Kier molecular flexibility index (Phi) is 4.71. The minimum atomic E-state index is -0.101. The number of ether oxygens (including phenoxy) is 1. The van der Waals surface area contributed by atoms with Crippen LogP contribution in [-0.2, 0) is 6.42 Å². The first-order valence-corrected chi connectivity index (χ1v) is 7.74. The van der Waals surface area contributed by atoms with Crippen molar-refractivity contribution in [3.05, 3.63) is 47.8 Å². The molecule has 3 rings (SSSR count). The summed E-state index contributed by atoms with van der Waals surface area (Å²) in [5.41, 5.74) is 1.67. The van der Waals surface area contributed by atoms with Crippen LogP contribution in [0.4, 0.5) is 5.95 Å². The highest BCUT2D eigenvalue weighted by Crippen LogP contribution is 2.19. The molecule has 1 aliphatic rings. The van der Waals surface area contributed by atoms with Gasteiger partial charge in [0.15, 0.2) is 0 Å². The standard InChI is InChI=1S/C17H20N4O2/c1-23-15-4-2-3-12(9-15)7-8-18-17-19-10-13(11-20-17)16(22)21-14-5-6-14/h2-4,9-11,14H,5-8H2,1H3,(H,21,22)(H,18,19,20). The maximum Gasteiger partial charge on any atom is 0.254 e. The van der Waals surface area contributed by atoms with Crippen molar-refractivity contribution >= 4 is 11.9 Å². The van der Waals surface area contributed by atoms with Crippen LogP contribution in [-0.4, -0.2) is 35.6 Å². The molecule has 1 amide bonds. The summed E-state index contributed by atoms with van der Waals surface area (Å²) in [7, 11) is 1.66. The van der Waals surface area contributed by atoms with Crippen LogP contribution in [0, 0.1) is 0 Å². The first-order valence-electron chi connectivity index (χ1n) is 7.74. The van der Waals surface area contributed by atoms with Crippen LogP contribution in [0.15, 0.2) is 36.7 Å². The van der Waals surface area contributed by atoms with Gasteiger partial charge in [-0.15, -0.1) is 0 Å². The van der Waals surface area contributed by atoms with E-state index in [0.717, 1.165) is 25.0 Å². The number of carbonyl (C=O) groups is 1. The Hall–Kier alpha value is -2.63. The number of amides is 1. The second kappa shape index (κ2) is 7.09. The summed E-state index contributed by atoms with van der Waals surface area (Å²) in [6.07, 6.45) is 6.08. The molecule has 0 radical (unpaired) electrons. The molecule has 2 N–H and O–H groups in total. The fourth-order valence-electron chi connectivity index (χ4n) is 2.18. The number of benzene rings is 1. The molecule has 1 fully saturated rings. The molecule has 0 spiro atoms. The lowest BCUT2D eigenvalue weighted by Gasteiger charge is -2.07. The largest absolute Gasteiger partial charge is 0.497 e. The van der Waals surface area contributed by atoms with E-state index in [1.54, 1.807) is 19.5 Å². The molecule has 2 aromatic rings. The molecule has 1 aromatic heterocycles. The number of methoxy groups -OCH3 is 1. The molecule has 1 heterocycles. The van der Waals surface area contributed by atoms with Gasteiger partial charge in [0, 0.05) is 25.0 Å². The molecule has 23 heavy (non-hydrogen) atoms. The molecule has 0 saturated heterocycles. The van der Waals surface area contributed by atoms with Gasteiger partial charge in [-0.2, -0.15) is 0 Å². The Morgan fingerprint density at radius 3 is 2.78 bits per heavy atom. The Labute approximate surface area is 135 Å². The van der Waals surface area contributed by atoms with Crippen molar-refractivity contribution in [2.24, 2.45) is 0 Å². The summed E-state index contributed by atoms with van der Waals surface area (Å²) in [6, 6.07) is 8.29. The van der Waals surface area contributed by atoms with E-state index in [1.807, 2.05) is 18.2 Å². The number of rotatable bonds is 7. The average molecular weight is 312 g/mol. The first kappa shape index (κ1) is 15.3. The molecular weight excluding hydrogens is 292 g/mol. The average Bonchev–Trinajstić information content (AvgIpc) is 3.39. The molecule has 1 saturated carbocycles. The van der Waals surface area contributed by atoms with Crippen molar-refractivity contribution in [2.45, 2.75) is 25.3 Å². The summed E-state index contributed by atoms with van der Waals surface area (Å²) in [5.74, 6) is 1.27. The van der Waals surface area contributed by atoms with E-state index in [2.05, 4.69) is 26.7 Å². The molecule has 1 aliphatic carbocycles. The van der Waals surface area contributed by atoms with Gasteiger partial charge in [0.25, 0.3) is 5.91 Å². The molecule has 1 aromatic carbocycles. The van der Waals surface area contributed by atoms with E-state index in [-0.39, 0.29) is 5.91 Å². The maximum atomic E-state index is 11.8. The second-order valence-corrected chi connectivity index (χ2v) is 5.57. The third kappa shape index (κ3) is 4.42. The van der Waals surface area contributed by atoms with Crippen molar-refractivity contribution < 1.29 is 9.53 Å². The van der Waals surface area contributed by atoms with E-state index in [4.69, 9.17) is 4.74 Å². The zero-order valence-electron chi connectivity index (χ0n) is 13.1. The smallest absolute Gasteiger partial charge is 0.254 e. The second-order valence-electron chi connectivity index (χ2n) is 5.57. The minimum Gasteiger partial charge on any atom is -0.497 e. The number of hydrogen-bond acceptors (Lipinski definition) is 5. The number of aromatic nitrogens is 2. The quantitative estimate of drug-likeness (QED) is 0.818. The Morgan fingerprint density at radius 1 is 1.30 bits per heavy atom. The van der Waals surface area contributed by atoms with Crippen LogP contribution < -0.4 is 15.4 Å². The van der Waals surface area contributed by atoms with Gasteiger partial charge in [0.2, 0.25) is 5.95 Å². The number of anilines is 1. The van der Waals surface area contributed by atoms with Crippen LogP contribution in [0.25, 0.3) is 0 Å². The van der Waals surface area contributed by atoms with E-state index in [1.165, 1.54) is 5.56 Å². The number of nitrogens with one attached hydrogen (secondary N) is 2. The zero-order chi connectivity index (χ0) is 16.1. The zero-order valence-corrected chi connectivity index (χ0v) is 13.1. The molecule has 0 atom stereocenters. The van der Waals surface area contributed by atoms with Crippen LogP contribution in [0.2, 0.25) is 0 Å². The highest BCUT2D eigenvalue weighted by Gasteiger charge is 2.23. The van der Waals surface area contributed by atoms with Crippen molar-refractivity contribution in [2.75, 3.05) is 19.0 Å². The molecule has 0 aliphatic heterocycles. The van der Waals surface area contributed by atoms with Gasteiger partial charge in [0.1, 0.15) is 5.75 Å². The molecule has 120 valence electrons. The highest BCUT2D eigenvalue weighted by atomic mass is 16.5. The lowest BCUT2D eigenvalue weighted by Crippen LogP contribution is -2.25. The number of hydrogen-bond donors (Lipinski definition) is 2. The predicted octanol–water partition coefficient (Wildman–Crippen LogP) is 2.03. The van der Waals surface area contributed by atoms with Crippen molar-refractivity contribution in [1.82, 2.24) is 15.3 Å². The van der Waals surface area contributed by atoms with Gasteiger partial charge in [-0.3, -0.25) is 4.79 Å². The lowest BCUT2D eigenvalue weighted by atomic mass is 10.1. The van der Waals surface area contributed by atoms with Crippen molar-refractivity contribution in [3.63, 3.8) is 0 Å².